The molecule has 3 aromatic carbocycles. The van der Waals surface area contributed by atoms with Gasteiger partial charge in [-0.2, -0.15) is 0 Å². The largest absolute Gasteiger partial charge is 0.496 e. The van der Waals surface area contributed by atoms with E-state index in [1.165, 1.54) is 0 Å². The van der Waals surface area contributed by atoms with Crippen molar-refractivity contribution in [2.24, 2.45) is 0 Å². The lowest BCUT2D eigenvalue weighted by atomic mass is 9.24. The highest BCUT2D eigenvalue weighted by atomic mass is 19.2. The maximum absolute atomic E-state index is 14.8. The minimum absolute atomic E-state index is 0.424. The zero-order chi connectivity index (χ0) is 25.7. The summed E-state index contributed by atoms with van der Waals surface area (Å²) in [6, 6.07) is 0.329. The molecule has 34 heavy (non-hydrogen) atoms. The molecule has 0 spiro atoms. The third-order valence-electron chi connectivity index (χ3n) is 5.01. The first kappa shape index (κ1) is 25.0. The number of benzene rings is 3. The summed E-state index contributed by atoms with van der Waals surface area (Å²) in [6.07, 6.45) is -5.35. The molecule has 3 rings (SSSR count). The van der Waals surface area contributed by atoms with Gasteiger partial charge < -0.3 is 4.76 Å². The van der Waals surface area contributed by atoms with E-state index in [4.69, 9.17) is 0 Å². The van der Waals surface area contributed by atoms with Crippen LogP contribution in [0.2, 0.25) is 0 Å². The zero-order valence-electron chi connectivity index (χ0n) is 16.3. The number of nitrogens with zero attached hydrogens (tertiary/aromatic N) is 1. The normalized spacial score (nSPS) is 11.4. The average molecular weight is 499 g/mol. The van der Waals surface area contributed by atoms with Crippen molar-refractivity contribution >= 4 is 22.7 Å². The molecule has 0 aliphatic heterocycles. The van der Waals surface area contributed by atoms with Crippen LogP contribution in [0.4, 0.5) is 52.7 Å². The summed E-state index contributed by atoms with van der Waals surface area (Å²) in [7, 11) is 0. The molecule has 0 saturated heterocycles. The summed E-state index contributed by atoms with van der Waals surface area (Å²) in [6.45, 7) is 0.666. The third-order valence-corrected chi connectivity index (χ3v) is 5.01. The SMILES string of the molecule is CC#[N+][B-](c1c(F)c(F)cc(F)c1F)(c1c(F)c(F)cc(F)c1F)c1c(F)c(F)cc(F)c1F. The lowest BCUT2D eigenvalue weighted by Gasteiger charge is -2.29. The van der Waals surface area contributed by atoms with Gasteiger partial charge in [0, 0.05) is 18.2 Å². The lowest BCUT2D eigenvalue weighted by Crippen LogP contribution is -2.71. The highest BCUT2D eigenvalue weighted by molar-refractivity contribution is 7.14. The van der Waals surface area contributed by atoms with Gasteiger partial charge in [0.05, 0.1) is 6.92 Å². The van der Waals surface area contributed by atoms with Gasteiger partial charge in [0.15, 0.2) is 41.0 Å². The lowest BCUT2D eigenvalue weighted by molar-refractivity contribution is 0.456. The Hall–Kier alpha value is -3.63. The Morgan fingerprint density at radius 2 is 0.676 bits per heavy atom. The van der Waals surface area contributed by atoms with E-state index in [0.29, 0.717) is 6.92 Å². The molecule has 0 aliphatic rings. The maximum atomic E-state index is 14.8. The predicted molar refractivity (Wildman–Crippen MR) is 96.4 cm³/mol. The van der Waals surface area contributed by atoms with Crippen molar-refractivity contribution in [1.82, 2.24) is 0 Å². The zero-order valence-corrected chi connectivity index (χ0v) is 16.3. The van der Waals surface area contributed by atoms with E-state index in [0.717, 1.165) is 0 Å². The Morgan fingerprint density at radius 1 is 0.471 bits per heavy atom. The van der Waals surface area contributed by atoms with Crippen molar-refractivity contribution < 1.29 is 52.7 Å². The predicted octanol–water partition coefficient (Wildman–Crippen LogP) is 4.68. The second kappa shape index (κ2) is 8.62. The second-order valence-electron chi connectivity index (χ2n) is 6.82. The molecular weight excluding hydrogens is 493 g/mol. The molecule has 0 fully saturated rings. The first-order valence-corrected chi connectivity index (χ1v) is 8.85. The Bertz CT molecular complexity index is 1180. The van der Waals surface area contributed by atoms with Gasteiger partial charge in [-0.15, -0.1) is 0 Å². The van der Waals surface area contributed by atoms with Crippen LogP contribution in [-0.4, -0.2) is 6.28 Å². The molecule has 178 valence electrons. The first-order chi connectivity index (χ1) is 15.8. The van der Waals surface area contributed by atoms with Gasteiger partial charge in [-0.3, -0.25) is 0 Å². The highest BCUT2D eigenvalue weighted by Crippen LogP contribution is 2.25. The Kier molecular flexibility index (Phi) is 6.34. The summed E-state index contributed by atoms with van der Waals surface area (Å²) in [4.78, 5) is 0. The number of hydrogen-bond donors (Lipinski definition) is 0. The standard InChI is InChI=1S/C20H6BF12N/c1-2-34-21(12-15(28)6(22)3-7(23)16(12)29,13-17(30)8(24)4-9(25)18(13)31)14-19(32)10(26)5-11(27)20(14)33/h3-5H,1H3. The molecule has 0 amide bonds. The van der Waals surface area contributed by atoms with Gasteiger partial charge >= 0.3 is 6.28 Å². The Labute approximate surface area is 182 Å². The third kappa shape index (κ3) is 3.46. The molecule has 0 aromatic heterocycles. The van der Waals surface area contributed by atoms with E-state index in [9.17, 15) is 52.7 Å². The van der Waals surface area contributed by atoms with Crippen LogP contribution in [0.5, 0.6) is 0 Å². The van der Waals surface area contributed by atoms with Gasteiger partial charge in [0.2, 0.25) is 0 Å². The van der Waals surface area contributed by atoms with Crippen LogP contribution in [0.3, 0.4) is 0 Å². The van der Waals surface area contributed by atoms with E-state index in [1.807, 2.05) is 0 Å². The molecule has 3 aromatic rings. The van der Waals surface area contributed by atoms with E-state index in [1.54, 1.807) is 6.07 Å². The second-order valence-corrected chi connectivity index (χ2v) is 6.82. The quantitative estimate of drug-likeness (QED) is 0.281. The average Bonchev–Trinajstić information content (AvgIpc) is 2.75. The van der Waals surface area contributed by atoms with Crippen molar-refractivity contribution in [3.63, 3.8) is 0 Å². The smallest absolute Gasteiger partial charge is 0.333 e. The topological polar surface area (TPSA) is 4.36 Å². The van der Waals surface area contributed by atoms with Gasteiger partial charge in [-0.05, 0) is 16.4 Å². The fourth-order valence-corrected chi connectivity index (χ4v) is 3.70. The molecule has 0 N–H and O–H groups in total. The van der Waals surface area contributed by atoms with Crippen molar-refractivity contribution in [3.05, 3.63) is 92.8 Å². The fraction of sp³-hybridized carbons (Fsp3) is 0.0500. The van der Waals surface area contributed by atoms with Crippen LogP contribution < -0.4 is 16.4 Å². The molecule has 0 radical (unpaired) electrons. The summed E-state index contributed by atoms with van der Waals surface area (Å²) in [5.41, 5.74) is -7.01. The molecule has 14 heteroatoms. The summed E-state index contributed by atoms with van der Waals surface area (Å²) in [5, 5.41) is 0. The highest BCUT2D eigenvalue weighted by Gasteiger charge is 2.57. The van der Waals surface area contributed by atoms with Crippen LogP contribution >= 0.6 is 0 Å². The van der Waals surface area contributed by atoms with Gasteiger partial charge in [-0.25, -0.2) is 52.7 Å². The summed E-state index contributed by atoms with van der Waals surface area (Å²) < 4.78 is 176. The van der Waals surface area contributed by atoms with E-state index in [-0.39, 0.29) is 0 Å². The molecular formula is C20H6BF12N. The minimum Gasteiger partial charge on any atom is -0.333 e. The van der Waals surface area contributed by atoms with Gasteiger partial charge in [0.25, 0.3) is 0 Å². The summed E-state index contributed by atoms with van der Waals surface area (Å²) >= 11 is 0. The first-order valence-electron chi connectivity index (χ1n) is 8.85. The van der Waals surface area contributed by atoms with Crippen LogP contribution in [-0.2, 0) is 0 Å². The molecule has 0 unspecified atom stereocenters. The van der Waals surface area contributed by atoms with Crippen LogP contribution in [0.15, 0.2) is 18.2 Å². The van der Waals surface area contributed by atoms with Crippen molar-refractivity contribution in [2.45, 2.75) is 6.92 Å². The number of rotatable bonds is 3. The molecule has 0 saturated carbocycles. The molecule has 0 aliphatic carbocycles. The maximum Gasteiger partial charge on any atom is 0.496 e. The van der Waals surface area contributed by atoms with E-state index in [2.05, 4.69) is 4.76 Å². The Morgan fingerprint density at radius 3 is 0.853 bits per heavy atom. The molecule has 1 nitrogen and oxygen atoms in total. The van der Waals surface area contributed by atoms with Crippen molar-refractivity contribution in [2.75, 3.05) is 0 Å². The van der Waals surface area contributed by atoms with Crippen molar-refractivity contribution in [3.8, 4) is 6.07 Å². The van der Waals surface area contributed by atoms with E-state index >= 15 is 0 Å². The van der Waals surface area contributed by atoms with Crippen LogP contribution in [0, 0.1) is 75.9 Å². The van der Waals surface area contributed by atoms with Crippen LogP contribution in [0.25, 0.3) is 4.76 Å². The number of hydrogen-bond acceptors (Lipinski definition) is 0. The van der Waals surface area contributed by atoms with Crippen molar-refractivity contribution in [1.29, 1.82) is 0 Å². The monoisotopic (exact) mass is 499 g/mol. The van der Waals surface area contributed by atoms with E-state index < -0.39 is 111 Å². The molecule has 0 atom stereocenters. The van der Waals surface area contributed by atoms with Gasteiger partial charge in [0.1, 0.15) is 34.9 Å². The fourth-order valence-electron chi connectivity index (χ4n) is 3.70. The Balaban J connectivity index is 2.85. The number of halogens is 12. The summed E-state index contributed by atoms with van der Waals surface area (Å²) in [5.74, 6) is -29.5. The minimum atomic E-state index is -5.35. The molecule has 0 bridgehead atoms. The molecule has 0 heterocycles. The van der Waals surface area contributed by atoms with Gasteiger partial charge in [-0.1, -0.05) is 0 Å². The van der Waals surface area contributed by atoms with Crippen LogP contribution in [0.1, 0.15) is 6.92 Å².